The summed E-state index contributed by atoms with van der Waals surface area (Å²) < 4.78 is 5.04. The quantitative estimate of drug-likeness (QED) is 0.793. The molecule has 0 unspecified atom stereocenters. The number of nitrogens with one attached hydrogen (secondary N) is 1. The van der Waals surface area contributed by atoms with Gasteiger partial charge in [0, 0.05) is 39.1 Å². The van der Waals surface area contributed by atoms with E-state index in [0.717, 1.165) is 42.7 Å². The molecular formula is C16H22N4O. The predicted octanol–water partition coefficient (Wildman–Crippen LogP) is 3.00. The van der Waals surface area contributed by atoms with Crippen molar-refractivity contribution in [3.63, 3.8) is 0 Å². The van der Waals surface area contributed by atoms with Crippen LogP contribution in [0.25, 0.3) is 0 Å². The van der Waals surface area contributed by atoms with Crippen molar-refractivity contribution in [2.24, 2.45) is 0 Å². The number of ether oxygens (including phenoxy) is 1. The van der Waals surface area contributed by atoms with Gasteiger partial charge in [-0.1, -0.05) is 18.2 Å². The van der Waals surface area contributed by atoms with Crippen molar-refractivity contribution < 1.29 is 4.74 Å². The van der Waals surface area contributed by atoms with E-state index in [4.69, 9.17) is 4.74 Å². The van der Waals surface area contributed by atoms with Crippen molar-refractivity contribution in [1.29, 1.82) is 0 Å². The first-order valence-corrected chi connectivity index (χ1v) is 7.08. The lowest BCUT2D eigenvalue weighted by Crippen LogP contribution is -2.14. The highest BCUT2D eigenvalue weighted by molar-refractivity contribution is 5.61. The van der Waals surface area contributed by atoms with Crippen LogP contribution in [0.3, 0.4) is 0 Å². The van der Waals surface area contributed by atoms with Gasteiger partial charge in [-0.15, -0.1) is 0 Å². The molecule has 112 valence electrons. The molecule has 0 amide bonds. The van der Waals surface area contributed by atoms with Gasteiger partial charge in [-0.05, 0) is 25.5 Å². The van der Waals surface area contributed by atoms with Crippen molar-refractivity contribution in [2.75, 3.05) is 37.5 Å². The zero-order valence-electron chi connectivity index (χ0n) is 12.8. The van der Waals surface area contributed by atoms with Crippen LogP contribution >= 0.6 is 0 Å². The van der Waals surface area contributed by atoms with Crippen molar-refractivity contribution in [2.45, 2.75) is 13.3 Å². The van der Waals surface area contributed by atoms with E-state index in [1.807, 2.05) is 38.2 Å². The van der Waals surface area contributed by atoms with Crippen LogP contribution in [0, 0.1) is 6.92 Å². The summed E-state index contributed by atoms with van der Waals surface area (Å²) in [5, 5.41) is 3.31. The highest BCUT2D eigenvalue weighted by atomic mass is 16.5. The number of rotatable bonds is 7. The first-order valence-electron chi connectivity index (χ1n) is 7.08. The monoisotopic (exact) mass is 286 g/mol. The molecule has 2 rings (SSSR count). The predicted molar refractivity (Wildman–Crippen MR) is 86.3 cm³/mol. The highest BCUT2D eigenvalue weighted by Crippen LogP contribution is 2.23. The Bertz CT molecular complexity index is 559. The summed E-state index contributed by atoms with van der Waals surface area (Å²) in [6.07, 6.45) is 0.948. The Kier molecular flexibility index (Phi) is 5.51. The molecule has 0 saturated heterocycles. The zero-order valence-corrected chi connectivity index (χ0v) is 12.8. The Hall–Kier alpha value is -2.14. The maximum Gasteiger partial charge on any atom is 0.138 e. The lowest BCUT2D eigenvalue weighted by molar-refractivity contribution is 0.198. The van der Waals surface area contributed by atoms with Crippen LogP contribution < -0.4 is 10.2 Å². The van der Waals surface area contributed by atoms with E-state index >= 15 is 0 Å². The number of hydrogen-bond donors (Lipinski definition) is 1. The van der Waals surface area contributed by atoms with Crippen molar-refractivity contribution >= 4 is 17.3 Å². The Morgan fingerprint density at radius 1 is 1.19 bits per heavy atom. The minimum Gasteiger partial charge on any atom is -0.385 e. The summed E-state index contributed by atoms with van der Waals surface area (Å²) in [6.45, 7) is 3.48. The summed E-state index contributed by atoms with van der Waals surface area (Å²) in [5.41, 5.74) is 1.10. The Morgan fingerprint density at radius 3 is 2.67 bits per heavy atom. The lowest BCUT2D eigenvalue weighted by atomic mass is 10.3. The second-order valence-electron chi connectivity index (χ2n) is 4.83. The second kappa shape index (κ2) is 7.59. The van der Waals surface area contributed by atoms with Gasteiger partial charge in [-0.25, -0.2) is 9.97 Å². The van der Waals surface area contributed by atoms with Gasteiger partial charge in [-0.3, -0.25) is 0 Å². The molecule has 0 fully saturated rings. The number of para-hydroxylation sites is 1. The fourth-order valence-corrected chi connectivity index (χ4v) is 2.03. The Balaban J connectivity index is 2.11. The Morgan fingerprint density at radius 2 is 1.95 bits per heavy atom. The van der Waals surface area contributed by atoms with E-state index in [9.17, 15) is 0 Å². The average Bonchev–Trinajstić information content (AvgIpc) is 2.51. The number of hydrogen-bond acceptors (Lipinski definition) is 5. The van der Waals surface area contributed by atoms with Gasteiger partial charge >= 0.3 is 0 Å². The Labute approximate surface area is 126 Å². The van der Waals surface area contributed by atoms with Crippen LogP contribution in [0.15, 0.2) is 36.4 Å². The topological polar surface area (TPSA) is 50.3 Å². The molecule has 0 bridgehead atoms. The molecule has 0 aliphatic carbocycles. The summed E-state index contributed by atoms with van der Waals surface area (Å²) in [7, 11) is 3.72. The first kappa shape index (κ1) is 15.3. The van der Waals surface area contributed by atoms with Crippen LogP contribution in [0.4, 0.5) is 17.3 Å². The third-order valence-corrected chi connectivity index (χ3v) is 3.14. The maximum atomic E-state index is 5.04. The van der Waals surface area contributed by atoms with Gasteiger partial charge in [-0.2, -0.15) is 0 Å². The molecule has 0 radical (unpaired) electrons. The molecule has 5 heteroatoms. The summed E-state index contributed by atoms with van der Waals surface area (Å²) >= 11 is 0. The van der Waals surface area contributed by atoms with Crippen molar-refractivity contribution in [3.05, 3.63) is 42.2 Å². The molecular weight excluding hydrogens is 264 g/mol. The fraction of sp³-hybridized carbons (Fsp3) is 0.375. The van der Waals surface area contributed by atoms with Gasteiger partial charge in [0.2, 0.25) is 0 Å². The molecule has 1 heterocycles. The standard InChI is InChI=1S/C16H22N4O/c1-13-18-15(17-10-7-11-21-3)12-16(19-13)20(2)14-8-5-4-6-9-14/h4-6,8-9,12H,7,10-11H2,1-3H3,(H,17,18,19). The SMILES string of the molecule is COCCCNc1cc(N(C)c2ccccc2)nc(C)n1. The summed E-state index contributed by atoms with van der Waals surface area (Å²) in [4.78, 5) is 11.0. The normalized spacial score (nSPS) is 10.4. The second-order valence-corrected chi connectivity index (χ2v) is 4.83. The minimum absolute atomic E-state index is 0.744. The molecule has 0 aliphatic heterocycles. The van der Waals surface area contributed by atoms with Crippen molar-refractivity contribution in [1.82, 2.24) is 9.97 Å². The molecule has 0 atom stereocenters. The number of methoxy groups -OCH3 is 1. The zero-order chi connectivity index (χ0) is 15.1. The molecule has 1 aromatic carbocycles. The van der Waals surface area contributed by atoms with Crippen molar-refractivity contribution in [3.8, 4) is 0 Å². The van der Waals surface area contributed by atoms with E-state index in [0.29, 0.717) is 0 Å². The molecule has 0 aliphatic rings. The molecule has 1 N–H and O–H groups in total. The third-order valence-electron chi connectivity index (χ3n) is 3.14. The van der Waals surface area contributed by atoms with E-state index in [2.05, 4.69) is 32.3 Å². The fourth-order valence-electron chi connectivity index (χ4n) is 2.03. The van der Waals surface area contributed by atoms with Gasteiger partial charge < -0.3 is 15.0 Å². The summed E-state index contributed by atoms with van der Waals surface area (Å²) in [6, 6.07) is 12.1. The van der Waals surface area contributed by atoms with Gasteiger partial charge in [0.1, 0.15) is 17.5 Å². The number of benzene rings is 1. The number of nitrogens with zero attached hydrogens (tertiary/aromatic N) is 3. The maximum absolute atomic E-state index is 5.04. The van der Waals surface area contributed by atoms with Gasteiger partial charge in [0.25, 0.3) is 0 Å². The molecule has 2 aromatic rings. The van der Waals surface area contributed by atoms with E-state index < -0.39 is 0 Å². The smallest absolute Gasteiger partial charge is 0.138 e. The molecule has 0 spiro atoms. The molecule has 1 aromatic heterocycles. The largest absolute Gasteiger partial charge is 0.385 e. The average molecular weight is 286 g/mol. The van der Waals surface area contributed by atoms with Crippen LogP contribution in [-0.4, -0.2) is 37.3 Å². The van der Waals surface area contributed by atoms with Crippen LogP contribution in [0.1, 0.15) is 12.2 Å². The highest BCUT2D eigenvalue weighted by Gasteiger charge is 2.08. The van der Waals surface area contributed by atoms with E-state index in [-0.39, 0.29) is 0 Å². The number of aromatic nitrogens is 2. The molecule has 0 saturated carbocycles. The lowest BCUT2D eigenvalue weighted by Gasteiger charge is -2.19. The van der Waals surface area contributed by atoms with Crippen LogP contribution in [0.2, 0.25) is 0 Å². The van der Waals surface area contributed by atoms with Gasteiger partial charge in [0.15, 0.2) is 0 Å². The van der Waals surface area contributed by atoms with Crippen LogP contribution in [0.5, 0.6) is 0 Å². The minimum atomic E-state index is 0.744. The first-order chi connectivity index (χ1) is 10.2. The van der Waals surface area contributed by atoms with Crippen LogP contribution in [-0.2, 0) is 4.74 Å². The third kappa shape index (κ3) is 4.43. The molecule has 21 heavy (non-hydrogen) atoms. The number of anilines is 3. The van der Waals surface area contributed by atoms with Gasteiger partial charge in [0.05, 0.1) is 0 Å². The molecule has 5 nitrogen and oxygen atoms in total. The number of aryl methyl sites for hydroxylation is 1. The van der Waals surface area contributed by atoms with E-state index in [1.165, 1.54) is 0 Å². The summed E-state index contributed by atoms with van der Waals surface area (Å²) in [5.74, 6) is 2.48. The van der Waals surface area contributed by atoms with E-state index in [1.54, 1.807) is 7.11 Å².